The van der Waals surface area contributed by atoms with Gasteiger partial charge in [-0.2, -0.15) is 0 Å². The number of nitrogens with two attached hydrogens (primary N) is 2. The van der Waals surface area contributed by atoms with Crippen LogP contribution in [0, 0.1) is 0 Å². The molecule has 0 aliphatic carbocycles. The number of primary amides is 1. The second-order valence-electron chi connectivity index (χ2n) is 3.51. The number of aromatic nitrogens is 2. The van der Waals surface area contributed by atoms with E-state index in [0.29, 0.717) is 0 Å². The van der Waals surface area contributed by atoms with Gasteiger partial charge in [-0.15, -0.1) is 0 Å². The zero-order chi connectivity index (χ0) is 13.4. The number of rotatable bonds is 4. The lowest BCUT2D eigenvalue weighted by Gasteiger charge is -2.08. The number of carboxylic acid groups (broad SMARTS) is 1. The fraction of sp³-hybridized carbons (Fsp3) is 0.500. The molecule has 7 nitrogen and oxygen atoms in total. The van der Waals surface area contributed by atoms with Crippen LogP contribution in [0.4, 0.5) is 0 Å². The monoisotopic (exact) mass is 242 g/mol. The Morgan fingerprint density at radius 2 is 2.12 bits per heavy atom. The SMILES string of the molecule is CCn1cc[n+](C)c1.NC(=O)C[C@H](N)C(=O)[O-]. The Morgan fingerprint density at radius 1 is 1.53 bits per heavy atom. The Morgan fingerprint density at radius 3 is 2.29 bits per heavy atom. The summed E-state index contributed by atoms with van der Waals surface area (Å²) in [4.78, 5) is 19.8. The molecule has 0 spiro atoms. The van der Waals surface area contributed by atoms with Gasteiger partial charge in [0.1, 0.15) is 12.4 Å². The van der Waals surface area contributed by atoms with Crippen molar-refractivity contribution in [3.05, 3.63) is 18.7 Å². The smallest absolute Gasteiger partial charge is 0.243 e. The molecular formula is C10H18N4O3. The van der Waals surface area contributed by atoms with E-state index < -0.39 is 17.9 Å². The molecule has 0 bridgehead atoms. The van der Waals surface area contributed by atoms with Gasteiger partial charge in [0.2, 0.25) is 12.2 Å². The molecule has 96 valence electrons. The lowest BCUT2D eigenvalue weighted by molar-refractivity contribution is -0.671. The summed E-state index contributed by atoms with van der Waals surface area (Å²) < 4.78 is 4.16. The normalized spacial score (nSPS) is 11.2. The number of carbonyl (C=O) groups excluding carboxylic acids is 2. The van der Waals surface area contributed by atoms with E-state index in [4.69, 9.17) is 5.73 Å². The fourth-order valence-electron chi connectivity index (χ4n) is 0.989. The van der Waals surface area contributed by atoms with E-state index >= 15 is 0 Å². The molecule has 0 unspecified atom stereocenters. The molecule has 0 radical (unpaired) electrons. The highest BCUT2D eigenvalue weighted by molar-refractivity contribution is 5.82. The number of amides is 1. The van der Waals surface area contributed by atoms with Crippen molar-refractivity contribution in [2.75, 3.05) is 0 Å². The van der Waals surface area contributed by atoms with Crippen LogP contribution < -0.4 is 21.1 Å². The first-order chi connectivity index (χ1) is 7.86. The van der Waals surface area contributed by atoms with Crippen molar-refractivity contribution in [1.29, 1.82) is 0 Å². The second-order valence-corrected chi connectivity index (χ2v) is 3.51. The maximum Gasteiger partial charge on any atom is 0.243 e. The van der Waals surface area contributed by atoms with Crippen LogP contribution in [0.3, 0.4) is 0 Å². The molecular weight excluding hydrogens is 224 g/mol. The molecule has 1 amide bonds. The van der Waals surface area contributed by atoms with Crippen molar-refractivity contribution in [2.24, 2.45) is 18.5 Å². The first-order valence-corrected chi connectivity index (χ1v) is 5.12. The molecule has 4 N–H and O–H groups in total. The van der Waals surface area contributed by atoms with E-state index in [9.17, 15) is 14.7 Å². The number of aliphatic carboxylic acids is 1. The zero-order valence-corrected chi connectivity index (χ0v) is 10.00. The van der Waals surface area contributed by atoms with Crippen molar-refractivity contribution < 1.29 is 19.3 Å². The number of carboxylic acids is 1. The molecule has 0 aliphatic rings. The van der Waals surface area contributed by atoms with E-state index in [1.807, 2.05) is 17.8 Å². The number of hydrogen-bond donors (Lipinski definition) is 2. The summed E-state index contributed by atoms with van der Waals surface area (Å²) in [6.07, 6.45) is 5.77. The summed E-state index contributed by atoms with van der Waals surface area (Å²) in [5.41, 5.74) is 9.48. The van der Waals surface area contributed by atoms with Crippen LogP contribution in [0.2, 0.25) is 0 Å². The van der Waals surface area contributed by atoms with Crippen LogP contribution in [-0.2, 0) is 23.2 Å². The Bertz CT molecular complexity index is 375. The highest BCUT2D eigenvalue weighted by Crippen LogP contribution is 1.82. The second kappa shape index (κ2) is 7.39. The molecule has 1 aromatic rings. The molecule has 1 heterocycles. The van der Waals surface area contributed by atoms with Gasteiger partial charge in [0.25, 0.3) is 0 Å². The van der Waals surface area contributed by atoms with Crippen LogP contribution >= 0.6 is 0 Å². The Labute approximate surface area is 99.6 Å². The molecule has 0 saturated heterocycles. The van der Waals surface area contributed by atoms with E-state index in [2.05, 4.69) is 29.7 Å². The average Bonchev–Trinajstić information content (AvgIpc) is 2.64. The molecule has 1 aromatic heterocycles. The third kappa shape index (κ3) is 7.07. The molecule has 0 aliphatic heterocycles. The summed E-state index contributed by atoms with van der Waals surface area (Å²) in [6.45, 7) is 3.18. The molecule has 17 heavy (non-hydrogen) atoms. The van der Waals surface area contributed by atoms with Gasteiger partial charge < -0.3 is 21.4 Å². The van der Waals surface area contributed by atoms with Gasteiger partial charge in [0, 0.05) is 6.42 Å². The van der Waals surface area contributed by atoms with Gasteiger partial charge in [-0.1, -0.05) is 0 Å². The minimum atomic E-state index is -1.46. The largest absolute Gasteiger partial charge is 0.548 e. The summed E-state index contributed by atoms with van der Waals surface area (Å²) in [5, 5.41) is 9.79. The molecule has 0 fully saturated rings. The van der Waals surface area contributed by atoms with Crippen LogP contribution in [0.15, 0.2) is 18.7 Å². The molecule has 0 saturated carbocycles. The summed E-state index contributed by atoms with van der Waals surface area (Å²) in [6, 6.07) is -1.28. The predicted octanol–water partition coefficient (Wildman–Crippen LogP) is -2.73. The van der Waals surface area contributed by atoms with Crippen LogP contribution in [0.25, 0.3) is 0 Å². The maximum atomic E-state index is 9.97. The van der Waals surface area contributed by atoms with Gasteiger partial charge in [-0.25, -0.2) is 9.13 Å². The topological polar surface area (TPSA) is 118 Å². The number of aryl methyl sites for hydroxylation is 2. The standard InChI is InChI=1S/C6H11N2.C4H8N2O3/c1-3-8-5-4-7(2)6-8;5-2(4(8)9)1-3(6)7/h4-6H,3H2,1-2H3;2H,1,5H2,(H2,6,7)(H,8,9)/q+1;/p-1/t;2-/m.0/s1. The zero-order valence-electron chi connectivity index (χ0n) is 10.00. The van der Waals surface area contributed by atoms with Crippen molar-refractivity contribution in [3.8, 4) is 0 Å². The molecule has 1 rings (SSSR count). The van der Waals surface area contributed by atoms with Gasteiger partial charge in [-0.05, 0) is 6.92 Å². The lowest BCUT2D eigenvalue weighted by Crippen LogP contribution is -2.44. The minimum Gasteiger partial charge on any atom is -0.548 e. The van der Waals surface area contributed by atoms with Crippen molar-refractivity contribution in [3.63, 3.8) is 0 Å². The first kappa shape index (κ1) is 15.1. The number of imidazole rings is 1. The van der Waals surface area contributed by atoms with Crippen LogP contribution in [-0.4, -0.2) is 22.5 Å². The fourth-order valence-corrected chi connectivity index (χ4v) is 0.989. The van der Waals surface area contributed by atoms with Crippen molar-refractivity contribution in [1.82, 2.24) is 4.57 Å². The minimum absolute atomic E-state index is 0.373. The number of carbonyl (C=O) groups is 2. The van der Waals surface area contributed by atoms with E-state index in [0.717, 1.165) is 6.54 Å². The van der Waals surface area contributed by atoms with Gasteiger partial charge in [0.05, 0.1) is 25.6 Å². The van der Waals surface area contributed by atoms with Crippen LogP contribution in [0.1, 0.15) is 13.3 Å². The summed E-state index contributed by atoms with van der Waals surface area (Å²) >= 11 is 0. The highest BCUT2D eigenvalue weighted by atomic mass is 16.4. The lowest BCUT2D eigenvalue weighted by atomic mass is 10.2. The Hall–Kier alpha value is -1.89. The molecule has 1 atom stereocenters. The third-order valence-corrected chi connectivity index (χ3v) is 1.91. The highest BCUT2D eigenvalue weighted by Gasteiger charge is 2.05. The van der Waals surface area contributed by atoms with E-state index in [1.165, 1.54) is 0 Å². The Balaban J connectivity index is 0.000000302. The van der Waals surface area contributed by atoms with Crippen molar-refractivity contribution >= 4 is 11.9 Å². The maximum absolute atomic E-state index is 9.97. The third-order valence-electron chi connectivity index (χ3n) is 1.91. The number of nitrogens with zero attached hydrogens (tertiary/aromatic N) is 2. The summed E-state index contributed by atoms with van der Waals surface area (Å²) in [7, 11) is 2.02. The van der Waals surface area contributed by atoms with E-state index in [-0.39, 0.29) is 6.42 Å². The summed E-state index contributed by atoms with van der Waals surface area (Å²) in [5.74, 6) is -2.21. The molecule has 0 aromatic carbocycles. The van der Waals surface area contributed by atoms with Crippen molar-refractivity contribution in [2.45, 2.75) is 25.9 Å². The number of hydrogen-bond acceptors (Lipinski definition) is 4. The predicted molar refractivity (Wildman–Crippen MR) is 58.1 cm³/mol. The van der Waals surface area contributed by atoms with E-state index in [1.54, 1.807) is 0 Å². The van der Waals surface area contributed by atoms with Gasteiger partial charge in [0.15, 0.2) is 0 Å². The average molecular weight is 242 g/mol. The van der Waals surface area contributed by atoms with Gasteiger partial charge in [-0.3, -0.25) is 4.79 Å². The Kier molecular flexibility index (Phi) is 6.57. The molecule has 7 heteroatoms. The quantitative estimate of drug-likeness (QED) is 0.557. The first-order valence-electron chi connectivity index (χ1n) is 5.12. The van der Waals surface area contributed by atoms with Gasteiger partial charge >= 0.3 is 0 Å². The van der Waals surface area contributed by atoms with Crippen LogP contribution in [0.5, 0.6) is 0 Å².